The van der Waals surface area contributed by atoms with Gasteiger partial charge in [-0.3, -0.25) is 9.59 Å². The van der Waals surface area contributed by atoms with Crippen LogP contribution in [0.15, 0.2) is 83.4 Å². The molecule has 0 unspecified atom stereocenters. The fourth-order valence-electron chi connectivity index (χ4n) is 3.57. The lowest BCUT2D eigenvalue weighted by molar-refractivity contribution is 0.0786. The van der Waals surface area contributed by atoms with E-state index in [1.54, 1.807) is 61.3 Å². The van der Waals surface area contributed by atoms with E-state index in [0.717, 1.165) is 5.56 Å². The summed E-state index contributed by atoms with van der Waals surface area (Å²) in [7, 11) is 1.73. The number of aromatic nitrogens is 1. The number of rotatable bonds is 6. The van der Waals surface area contributed by atoms with Crippen LogP contribution in [0.5, 0.6) is 0 Å². The Morgan fingerprint density at radius 1 is 0.970 bits per heavy atom. The first-order chi connectivity index (χ1) is 16.0. The molecule has 33 heavy (non-hydrogen) atoms. The lowest BCUT2D eigenvalue weighted by Gasteiger charge is -2.19. The SMILES string of the molecule is Cc1onc(-c2ccccc2Cl)c1C(=O)Nc1ccccc1C(=O)N(C)Cc1ccccc1. The maximum absolute atomic E-state index is 13.3. The van der Waals surface area contributed by atoms with E-state index in [-0.39, 0.29) is 11.5 Å². The summed E-state index contributed by atoms with van der Waals surface area (Å²) in [6.07, 6.45) is 0. The molecule has 1 heterocycles. The van der Waals surface area contributed by atoms with Crippen LogP contribution in [0.25, 0.3) is 11.3 Å². The zero-order valence-corrected chi connectivity index (χ0v) is 19.0. The van der Waals surface area contributed by atoms with Gasteiger partial charge in [0.15, 0.2) is 0 Å². The molecule has 3 aromatic carbocycles. The summed E-state index contributed by atoms with van der Waals surface area (Å²) in [5, 5.41) is 7.36. The van der Waals surface area contributed by atoms with Crippen molar-refractivity contribution < 1.29 is 14.1 Å². The maximum Gasteiger partial charge on any atom is 0.261 e. The van der Waals surface area contributed by atoms with Gasteiger partial charge in [0.2, 0.25) is 0 Å². The highest BCUT2D eigenvalue weighted by molar-refractivity contribution is 6.33. The van der Waals surface area contributed by atoms with Crippen molar-refractivity contribution in [3.05, 3.63) is 106 Å². The van der Waals surface area contributed by atoms with Crippen molar-refractivity contribution in [2.24, 2.45) is 0 Å². The molecule has 7 heteroatoms. The van der Waals surface area contributed by atoms with Crippen LogP contribution in [0.1, 0.15) is 32.0 Å². The highest BCUT2D eigenvalue weighted by Crippen LogP contribution is 2.31. The fourth-order valence-corrected chi connectivity index (χ4v) is 3.80. The first kappa shape index (κ1) is 22.3. The molecule has 0 fully saturated rings. The van der Waals surface area contributed by atoms with Crippen LogP contribution in [-0.2, 0) is 6.54 Å². The van der Waals surface area contributed by atoms with Crippen LogP contribution in [0.2, 0.25) is 5.02 Å². The Hall–Kier alpha value is -3.90. The lowest BCUT2D eigenvalue weighted by Crippen LogP contribution is -2.27. The predicted octanol–water partition coefficient (Wildman–Crippen LogP) is 5.83. The second-order valence-corrected chi connectivity index (χ2v) is 8.00. The molecule has 1 aromatic heterocycles. The van der Waals surface area contributed by atoms with E-state index >= 15 is 0 Å². The Balaban J connectivity index is 1.60. The molecule has 166 valence electrons. The number of para-hydroxylation sites is 1. The smallest absolute Gasteiger partial charge is 0.261 e. The first-order valence-electron chi connectivity index (χ1n) is 10.4. The van der Waals surface area contributed by atoms with Crippen LogP contribution < -0.4 is 5.32 Å². The van der Waals surface area contributed by atoms with Gasteiger partial charge in [-0.1, -0.05) is 77.4 Å². The molecule has 0 aliphatic carbocycles. The molecule has 0 aliphatic rings. The van der Waals surface area contributed by atoms with E-state index in [1.807, 2.05) is 36.4 Å². The molecule has 1 N–H and O–H groups in total. The van der Waals surface area contributed by atoms with E-state index in [2.05, 4.69) is 10.5 Å². The van der Waals surface area contributed by atoms with Crippen molar-refractivity contribution in [3.8, 4) is 11.3 Å². The quantitative estimate of drug-likeness (QED) is 0.393. The van der Waals surface area contributed by atoms with Crippen molar-refractivity contribution in [2.75, 3.05) is 12.4 Å². The Morgan fingerprint density at radius 3 is 2.39 bits per heavy atom. The van der Waals surface area contributed by atoms with Crippen molar-refractivity contribution in [1.29, 1.82) is 0 Å². The number of carbonyl (C=O) groups is 2. The molecule has 0 saturated carbocycles. The largest absolute Gasteiger partial charge is 0.360 e. The Bertz CT molecular complexity index is 1300. The van der Waals surface area contributed by atoms with Gasteiger partial charge in [0.05, 0.1) is 16.3 Å². The molecule has 0 atom stereocenters. The normalized spacial score (nSPS) is 10.6. The summed E-state index contributed by atoms with van der Waals surface area (Å²) in [5.74, 6) is -0.287. The van der Waals surface area contributed by atoms with E-state index in [9.17, 15) is 9.59 Å². The van der Waals surface area contributed by atoms with E-state index in [1.165, 1.54) is 0 Å². The zero-order valence-electron chi connectivity index (χ0n) is 18.2. The number of halogens is 1. The molecule has 0 bridgehead atoms. The van der Waals surface area contributed by atoms with Crippen LogP contribution >= 0.6 is 11.6 Å². The van der Waals surface area contributed by atoms with Crippen LogP contribution in [-0.4, -0.2) is 28.9 Å². The summed E-state index contributed by atoms with van der Waals surface area (Å²) in [5.41, 5.74) is 3.01. The third-order valence-corrected chi connectivity index (χ3v) is 5.56. The third kappa shape index (κ3) is 4.81. The number of aryl methyl sites for hydroxylation is 1. The second-order valence-electron chi connectivity index (χ2n) is 7.59. The monoisotopic (exact) mass is 459 g/mol. The van der Waals surface area contributed by atoms with E-state index in [4.69, 9.17) is 16.1 Å². The lowest BCUT2D eigenvalue weighted by atomic mass is 10.0. The number of anilines is 1. The number of nitrogens with zero attached hydrogens (tertiary/aromatic N) is 2. The van der Waals surface area contributed by atoms with E-state index < -0.39 is 5.91 Å². The number of nitrogens with one attached hydrogen (secondary N) is 1. The van der Waals surface area contributed by atoms with Gasteiger partial charge in [0.1, 0.15) is 17.0 Å². The number of hydrogen-bond donors (Lipinski definition) is 1. The summed E-state index contributed by atoms with van der Waals surface area (Å²) in [6, 6.07) is 23.7. The molecule has 4 aromatic rings. The summed E-state index contributed by atoms with van der Waals surface area (Å²) in [4.78, 5) is 28.0. The summed E-state index contributed by atoms with van der Waals surface area (Å²) >= 11 is 6.31. The van der Waals surface area contributed by atoms with Gasteiger partial charge < -0.3 is 14.7 Å². The van der Waals surface area contributed by atoms with Gasteiger partial charge in [-0.05, 0) is 30.7 Å². The number of hydrogen-bond acceptors (Lipinski definition) is 4. The summed E-state index contributed by atoms with van der Waals surface area (Å²) in [6.45, 7) is 2.11. The molecular formula is C26H22ClN3O3. The van der Waals surface area contributed by atoms with Gasteiger partial charge >= 0.3 is 0 Å². The molecule has 0 spiro atoms. The van der Waals surface area contributed by atoms with Crippen molar-refractivity contribution in [1.82, 2.24) is 10.1 Å². The fraction of sp³-hybridized carbons (Fsp3) is 0.115. The highest BCUT2D eigenvalue weighted by Gasteiger charge is 2.25. The molecule has 4 rings (SSSR count). The van der Waals surface area contributed by atoms with Crippen LogP contribution in [0, 0.1) is 6.92 Å². The minimum absolute atomic E-state index is 0.205. The number of benzene rings is 3. The van der Waals surface area contributed by atoms with Gasteiger partial charge in [-0.2, -0.15) is 0 Å². The van der Waals surface area contributed by atoms with Crippen molar-refractivity contribution >= 4 is 29.1 Å². The molecule has 2 amide bonds. The maximum atomic E-state index is 13.3. The minimum atomic E-state index is -0.436. The zero-order chi connectivity index (χ0) is 23.4. The summed E-state index contributed by atoms with van der Waals surface area (Å²) < 4.78 is 5.30. The number of carbonyl (C=O) groups excluding carboxylic acids is 2. The van der Waals surface area contributed by atoms with Crippen molar-refractivity contribution in [3.63, 3.8) is 0 Å². The topological polar surface area (TPSA) is 75.4 Å². The molecule has 0 aliphatic heterocycles. The third-order valence-electron chi connectivity index (χ3n) is 5.23. The molecule has 0 saturated heterocycles. The second kappa shape index (κ2) is 9.71. The first-order valence-corrected chi connectivity index (χ1v) is 10.7. The highest BCUT2D eigenvalue weighted by atomic mass is 35.5. The minimum Gasteiger partial charge on any atom is -0.360 e. The molecule has 0 radical (unpaired) electrons. The Kier molecular flexibility index (Phi) is 6.56. The van der Waals surface area contributed by atoms with Crippen LogP contribution in [0.3, 0.4) is 0 Å². The van der Waals surface area contributed by atoms with Gasteiger partial charge in [-0.25, -0.2) is 0 Å². The van der Waals surface area contributed by atoms with Gasteiger partial charge in [0, 0.05) is 19.2 Å². The van der Waals surface area contributed by atoms with Crippen LogP contribution in [0.4, 0.5) is 5.69 Å². The molecule has 6 nitrogen and oxygen atoms in total. The molecular weight excluding hydrogens is 438 g/mol. The Morgan fingerprint density at radius 2 is 1.64 bits per heavy atom. The predicted molar refractivity (Wildman–Crippen MR) is 128 cm³/mol. The van der Waals surface area contributed by atoms with Crippen molar-refractivity contribution in [2.45, 2.75) is 13.5 Å². The van der Waals surface area contributed by atoms with Gasteiger partial charge in [-0.15, -0.1) is 0 Å². The van der Waals surface area contributed by atoms with Gasteiger partial charge in [0.25, 0.3) is 11.8 Å². The standard InChI is InChI=1S/C26H22ClN3O3/c1-17-23(24(29-33-17)19-12-6-8-14-21(19)27)25(31)28-22-15-9-7-13-20(22)26(32)30(2)16-18-10-4-3-5-11-18/h3-15H,16H2,1-2H3,(H,28,31). The average Bonchev–Trinajstić information content (AvgIpc) is 3.21. The van der Waals surface area contributed by atoms with E-state index in [0.29, 0.717) is 39.8 Å². The Labute approximate surface area is 196 Å². The number of amides is 2. The average molecular weight is 460 g/mol.